The normalized spacial score (nSPS) is 11.6. The summed E-state index contributed by atoms with van der Waals surface area (Å²) in [4.78, 5) is 8.33. The molecule has 1 aromatic heterocycles. The fraction of sp³-hybridized carbons (Fsp3) is 0.214. The fourth-order valence-corrected chi connectivity index (χ4v) is 1.80. The fourth-order valence-electron chi connectivity index (χ4n) is 1.80. The van der Waals surface area contributed by atoms with Crippen LogP contribution < -0.4 is 11.1 Å². The van der Waals surface area contributed by atoms with E-state index in [0.717, 1.165) is 11.4 Å². The van der Waals surface area contributed by atoms with Crippen LogP contribution in [0.5, 0.6) is 0 Å². The minimum atomic E-state index is -0.504. The van der Waals surface area contributed by atoms with Crippen molar-refractivity contribution in [1.82, 2.24) is 15.3 Å². The number of oxime groups is 1. The number of nitrogens with two attached hydrogens (primary N) is 1. The highest BCUT2D eigenvalue weighted by atomic mass is 19.1. The molecular weight excluding hydrogens is 273 g/mol. The summed E-state index contributed by atoms with van der Waals surface area (Å²) in [5, 5.41) is 14.5. The summed E-state index contributed by atoms with van der Waals surface area (Å²) in [7, 11) is 0. The molecule has 0 spiro atoms. The average Bonchev–Trinajstić information content (AvgIpc) is 2.50. The van der Waals surface area contributed by atoms with Crippen LogP contribution in [0.15, 0.2) is 35.7 Å². The summed E-state index contributed by atoms with van der Waals surface area (Å²) in [6.45, 7) is 2.63. The van der Waals surface area contributed by atoms with Gasteiger partial charge in [-0.25, -0.2) is 4.39 Å². The van der Waals surface area contributed by atoms with E-state index >= 15 is 0 Å². The Labute approximate surface area is 121 Å². The summed E-state index contributed by atoms with van der Waals surface area (Å²) in [5.41, 5.74) is 7.54. The summed E-state index contributed by atoms with van der Waals surface area (Å²) in [6, 6.07) is 4.75. The van der Waals surface area contributed by atoms with E-state index in [-0.39, 0.29) is 11.4 Å². The van der Waals surface area contributed by atoms with Gasteiger partial charge in [-0.05, 0) is 13.0 Å². The van der Waals surface area contributed by atoms with Crippen LogP contribution in [0.25, 0.3) is 0 Å². The molecule has 0 aliphatic rings. The zero-order chi connectivity index (χ0) is 15.2. The molecule has 0 radical (unpaired) electrons. The van der Waals surface area contributed by atoms with Crippen LogP contribution >= 0.6 is 0 Å². The van der Waals surface area contributed by atoms with E-state index in [1.54, 1.807) is 24.5 Å². The molecule has 1 aromatic carbocycles. The van der Waals surface area contributed by atoms with Gasteiger partial charge in [0.1, 0.15) is 5.82 Å². The Hall–Kier alpha value is -2.54. The first-order chi connectivity index (χ1) is 10.1. The number of halogens is 1. The highest BCUT2D eigenvalue weighted by Crippen LogP contribution is 2.13. The van der Waals surface area contributed by atoms with Crippen molar-refractivity contribution in [2.24, 2.45) is 10.9 Å². The molecule has 6 nitrogen and oxygen atoms in total. The van der Waals surface area contributed by atoms with Crippen molar-refractivity contribution in [2.45, 2.75) is 20.0 Å². The van der Waals surface area contributed by atoms with Crippen molar-refractivity contribution in [3.63, 3.8) is 0 Å². The minimum Gasteiger partial charge on any atom is -0.409 e. The molecule has 0 amide bonds. The predicted octanol–water partition coefficient (Wildman–Crippen LogP) is 1.31. The first-order valence-corrected chi connectivity index (χ1v) is 6.35. The quantitative estimate of drug-likeness (QED) is 0.334. The standard InChI is InChI=1S/C14H16FN5O/c1-9-5-19-11(8-18-9)7-17-6-10-3-2-4-12(13(10)15)14(16)20-21/h2-5,8,17,21H,6-7H2,1H3,(H2,16,20). The van der Waals surface area contributed by atoms with Crippen molar-refractivity contribution in [3.8, 4) is 0 Å². The van der Waals surface area contributed by atoms with Crippen LogP contribution in [0.2, 0.25) is 0 Å². The number of hydrogen-bond acceptors (Lipinski definition) is 5. The van der Waals surface area contributed by atoms with E-state index in [1.165, 1.54) is 6.07 Å². The van der Waals surface area contributed by atoms with E-state index in [9.17, 15) is 4.39 Å². The van der Waals surface area contributed by atoms with Gasteiger partial charge in [0, 0.05) is 31.0 Å². The Morgan fingerprint density at radius 3 is 2.81 bits per heavy atom. The number of hydrogen-bond donors (Lipinski definition) is 3. The first kappa shape index (κ1) is 14.9. The van der Waals surface area contributed by atoms with Crippen LogP contribution in [0.3, 0.4) is 0 Å². The number of aryl methyl sites for hydroxylation is 1. The van der Waals surface area contributed by atoms with Gasteiger partial charge in [-0.3, -0.25) is 9.97 Å². The third-order valence-electron chi connectivity index (χ3n) is 2.92. The Morgan fingerprint density at radius 2 is 2.14 bits per heavy atom. The van der Waals surface area contributed by atoms with Crippen LogP contribution in [-0.4, -0.2) is 21.0 Å². The van der Waals surface area contributed by atoms with Gasteiger partial charge in [0.15, 0.2) is 5.84 Å². The van der Waals surface area contributed by atoms with Crippen molar-refractivity contribution in [1.29, 1.82) is 0 Å². The molecule has 110 valence electrons. The number of rotatable bonds is 5. The Balaban J connectivity index is 2.02. The molecule has 0 aliphatic carbocycles. The SMILES string of the molecule is Cc1cnc(CNCc2cccc(/C(N)=N/O)c2F)cn1. The molecule has 0 saturated heterocycles. The van der Waals surface area contributed by atoms with Crippen molar-refractivity contribution in [3.05, 3.63) is 58.9 Å². The molecule has 2 aromatic rings. The number of amidine groups is 1. The second-order valence-corrected chi connectivity index (χ2v) is 4.52. The monoisotopic (exact) mass is 289 g/mol. The second-order valence-electron chi connectivity index (χ2n) is 4.52. The maximum atomic E-state index is 14.1. The third kappa shape index (κ3) is 3.73. The molecule has 7 heteroatoms. The van der Waals surface area contributed by atoms with Gasteiger partial charge in [0.05, 0.1) is 17.0 Å². The van der Waals surface area contributed by atoms with Gasteiger partial charge in [-0.15, -0.1) is 0 Å². The van der Waals surface area contributed by atoms with Crippen LogP contribution in [0, 0.1) is 12.7 Å². The van der Waals surface area contributed by atoms with Gasteiger partial charge < -0.3 is 16.3 Å². The van der Waals surface area contributed by atoms with E-state index in [2.05, 4.69) is 20.4 Å². The summed E-state index contributed by atoms with van der Waals surface area (Å²) < 4.78 is 14.1. The van der Waals surface area contributed by atoms with Gasteiger partial charge in [-0.1, -0.05) is 17.3 Å². The van der Waals surface area contributed by atoms with Crippen molar-refractivity contribution >= 4 is 5.84 Å². The predicted molar refractivity (Wildman–Crippen MR) is 76.2 cm³/mol. The van der Waals surface area contributed by atoms with Crippen molar-refractivity contribution < 1.29 is 9.60 Å². The zero-order valence-corrected chi connectivity index (χ0v) is 11.5. The molecule has 0 aliphatic heterocycles. The maximum absolute atomic E-state index is 14.1. The minimum absolute atomic E-state index is 0.0759. The number of nitrogens with zero attached hydrogens (tertiary/aromatic N) is 3. The number of nitrogens with one attached hydrogen (secondary N) is 1. The average molecular weight is 289 g/mol. The van der Waals surface area contributed by atoms with Gasteiger partial charge in [0.2, 0.25) is 0 Å². The van der Waals surface area contributed by atoms with Gasteiger partial charge in [0.25, 0.3) is 0 Å². The number of benzene rings is 1. The van der Waals surface area contributed by atoms with Gasteiger partial charge >= 0.3 is 0 Å². The van der Waals surface area contributed by atoms with E-state index in [0.29, 0.717) is 18.7 Å². The molecule has 0 atom stereocenters. The molecule has 0 fully saturated rings. The smallest absolute Gasteiger partial charge is 0.173 e. The van der Waals surface area contributed by atoms with Gasteiger partial charge in [-0.2, -0.15) is 0 Å². The summed E-state index contributed by atoms with van der Waals surface area (Å²) in [5.74, 6) is -0.756. The maximum Gasteiger partial charge on any atom is 0.173 e. The second kappa shape index (κ2) is 6.76. The summed E-state index contributed by atoms with van der Waals surface area (Å²) in [6.07, 6.45) is 3.35. The highest BCUT2D eigenvalue weighted by Gasteiger charge is 2.11. The zero-order valence-electron chi connectivity index (χ0n) is 11.5. The van der Waals surface area contributed by atoms with Crippen molar-refractivity contribution in [2.75, 3.05) is 0 Å². The Bertz CT molecular complexity index is 642. The number of aromatic nitrogens is 2. The topological polar surface area (TPSA) is 96.4 Å². The first-order valence-electron chi connectivity index (χ1n) is 6.35. The lowest BCUT2D eigenvalue weighted by Crippen LogP contribution is -2.19. The highest BCUT2D eigenvalue weighted by molar-refractivity contribution is 5.97. The van der Waals surface area contributed by atoms with Crippen LogP contribution in [0.1, 0.15) is 22.5 Å². The third-order valence-corrected chi connectivity index (χ3v) is 2.92. The molecule has 4 N–H and O–H groups in total. The Kier molecular flexibility index (Phi) is 4.78. The van der Waals surface area contributed by atoms with Crippen LogP contribution in [-0.2, 0) is 13.1 Å². The molecule has 2 rings (SSSR count). The lowest BCUT2D eigenvalue weighted by Gasteiger charge is -2.08. The summed E-state index contributed by atoms with van der Waals surface area (Å²) >= 11 is 0. The largest absolute Gasteiger partial charge is 0.409 e. The molecule has 0 unspecified atom stereocenters. The molecule has 0 bridgehead atoms. The lowest BCUT2D eigenvalue weighted by molar-refractivity contribution is 0.318. The molecular formula is C14H16FN5O. The Morgan fingerprint density at radius 1 is 1.33 bits per heavy atom. The molecule has 1 heterocycles. The van der Waals surface area contributed by atoms with Crippen LogP contribution in [0.4, 0.5) is 4.39 Å². The molecule has 0 saturated carbocycles. The molecule has 21 heavy (non-hydrogen) atoms. The lowest BCUT2D eigenvalue weighted by atomic mass is 10.1. The van der Waals surface area contributed by atoms with E-state index < -0.39 is 5.82 Å². The van der Waals surface area contributed by atoms with E-state index in [4.69, 9.17) is 10.9 Å². The van der Waals surface area contributed by atoms with E-state index in [1.807, 2.05) is 6.92 Å².